The van der Waals surface area contributed by atoms with E-state index in [9.17, 15) is 5.11 Å². The van der Waals surface area contributed by atoms with Gasteiger partial charge in [0.2, 0.25) is 0 Å². The highest BCUT2D eigenvalue weighted by molar-refractivity contribution is 5.43. The molecule has 0 bridgehead atoms. The van der Waals surface area contributed by atoms with Crippen molar-refractivity contribution >= 4 is 0 Å². The Balaban J connectivity index is 2.17. The zero-order valence-electron chi connectivity index (χ0n) is 12.9. The van der Waals surface area contributed by atoms with Crippen molar-refractivity contribution < 1.29 is 9.84 Å². The van der Waals surface area contributed by atoms with Gasteiger partial charge in [0.15, 0.2) is 0 Å². The van der Waals surface area contributed by atoms with Crippen LogP contribution in [0.1, 0.15) is 56.7 Å². The second-order valence-electron chi connectivity index (χ2n) is 5.78. The number of aliphatic hydroxyl groups is 1. The largest absolute Gasteiger partial charge is 0.490 e. The van der Waals surface area contributed by atoms with Crippen molar-refractivity contribution in [1.82, 2.24) is 5.32 Å². The molecule has 0 aliphatic heterocycles. The monoisotopic (exact) mass is 277 g/mol. The van der Waals surface area contributed by atoms with Crippen LogP contribution in [0.15, 0.2) is 18.2 Å². The lowest BCUT2D eigenvalue weighted by molar-refractivity contribution is -0.0116. The lowest BCUT2D eigenvalue weighted by atomic mass is 9.87. The summed E-state index contributed by atoms with van der Waals surface area (Å²) in [7, 11) is 2.01. The Morgan fingerprint density at radius 2 is 2.10 bits per heavy atom. The minimum atomic E-state index is -0.709. The third-order valence-corrected chi connectivity index (χ3v) is 4.63. The van der Waals surface area contributed by atoms with Crippen molar-refractivity contribution in [3.8, 4) is 5.75 Å². The average Bonchev–Trinajstić information content (AvgIpc) is 2.51. The van der Waals surface area contributed by atoms with E-state index in [1.54, 1.807) is 0 Å². The smallest absolute Gasteiger partial charge is 0.122 e. The van der Waals surface area contributed by atoms with Crippen molar-refractivity contribution in [2.24, 2.45) is 0 Å². The average molecular weight is 277 g/mol. The number of hydrogen-bond donors (Lipinski definition) is 2. The van der Waals surface area contributed by atoms with E-state index in [1.165, 1.54) is 24.0 Å². The molecule has 0 radical (unpaired) electrons. The summed E-state index contributed by atoms with van der Waals surface area (Å²) in [5.41, 5.74) is 1.96. The van der Waals surface area contributed by atoms with Gasteiger partial charge in [-0.15, -0.1) is 0 Å². The van der Waals surface area contributed by atoms with Gasteiger partial charge in [-0.1, -0.05) is 26.0 Å². The first-order chi connectivity index (χ1) is 9.63. The molecule has 20 heavy (non-hydrogen) atoms. The fourth-order valence-corrected chi connectivity index (χ4v) is 2.92. The summed E-state index contributed by atoms with van der Waals surface area (Å²) in [6, 6.07) is 6.70. The van der Waals surface area contributed by atoms with E-state index in [4.69, 9.17) is 4.74 Å². The van der Waals surface area contributed by atoms with Crippen LogP contribution in [0.3, 0.4) is 0 Å². The summed E-state index contributed by atoms with van der Waals surface area (Å²) in [4.78, 5) is 0. The molecule has 0 fully saturated rings. The maximum absolute atomic E-state index is 10.4. The maximum atomic E-state index is 10.4. The van der Waals surface area contributed by atoms with Gasteiger partial charge in [-0.2, -0.15) is 0 Å². The number of ether oxygens (including phenoxy) is 1. The lowest BCUT2D eigenvalue weighted by Crippen LogP contribution is -2.34. The Kier molecular flexibility index (Phi) is 5.06. The van der Waals surface area contributed by atoms with Crippen molar-refractivity contribution in [3.05, 3.63) is 29.3 Å². The van der Waals surface area contributed by atoms with Crippen LogP contribution in [-0.4, -0.2) is 24.4 Å². The van der Waals surface area contributed by atoms with Gasteiger partial charge in [-0.05, 0) is 56.3 Å². The lowest BCUT2D eigenvalue weighted by Gasteiger charge is -2.29. The summed E-state index contributed by atoms with van der Waals surface area (Å²) in [6.45, 7) is 4.38. The molecule has 112 valence electrons. The van der Waals surface area contributed by atoms with Crippen molar-refractivity contribution in [2.45, 2.75) is 57.6 Å². The van der Waals surface area contributed by atoms with Crippen molar-refractivity contribution in [2.75, 3.05) is 13.7 Å². The second-order valence-corrected chi connectivity index (χ2v) is 5.78. The number of nitrogens with one attached hydrogen (secondary N) is 1. The highest BCUT2D eigenvalue weighted by Gasteiger charge is 2.25. The molecule has 1 aliphatic rings. The molecule has 0 aromatic heterocycles. The van der Waals surface area contributed by atoms with Gasteiger partial charge in [0.05, 0.1) is 5.60 Å². The Morgan fingerprint density at radius 1 is 1.35 bits per heavy atom. The quantitative estimate of drug-likeness (QED) is 0.839. The molecule has 1 aromatic carbocycles. The summed E-state index contributed by atoms with van der Waals surface area (Å²) >= 11 is 0. The van der Waals surface area contributed by atoms with Crippen LogP contribution < -0.4 is 10.1 Å². The van der Waals surface area contributed by atoms with Gasteiger partial charge in [0.25, 0.3) is 0 Å². The first-order valence-electron chi connectivity index (χ1n) is 7.77. The molecule has 2 N–H and O–H groups in total. The maximum Gasteiger partial charge on any atom is 0.122 e. The van der Waals surface area contributed by atoms with Crippen LogP contribution in [0, 0.1) is 0 Å². The van der Waals surface area contributed by atoms with E-state index >= 15 is 0 Å². The molecule has 0 saturated heterocycles. The van der Waals surface area contributed by atoms with Gasteiger partial charge in [-0.25, -0.2) is 0 Å². The van der Waals surface area contributed by atoms with E-state index < -0.39 is 5.60 Å². The van der Waals surface area contributed by atoms with E-state index in [1.807, 2.05) is 27.0 Å². The molecule has 1 atom stereocenters. The van der Waals surface area contributed by atoms with Gasteiger partial charge in [-0.3, -0.25) is 0 Å². The minimum absolute atomic E-state index is 0.376. The van der Waals surface area contributed by atoms with Crippen LogP contribution >= 0.6 is 0 Å². The molecular weight excluding hydrogens is 250 g/mol. The Bertz CT molecular complexity index is 441. The zero-order chi connectivity index (χ0) is 14.6. The molecule has 1 aliphatic carbocycles. The zero-order valence-corrected chi connectivity index (χ0v) is 12.9. The Morgan fingerprint density at radius 3 is 2.75 bits per heavy atom. The highest BCUT2D eigenvalue weighted by Crippen LogP contribution is 2.35. The topological polar surface area (TPSA) is 41.5 Å². The molecular formula is C17H27NO2. The Hall–Kier alpha value is -1.06. The van der Waals surface area contributed by atoms with Crippen LogP contribution in [0.5, 0.6) is 5.75 Å². The standard InChI is InChI=1S/C17H27NO2/c1-4-17(19,5-2)12-20-16-11-7-8-13-14(16)9-6-10-15(13)18-3/h7-8,11,15,18-19H,4-6,9-10,12H2,1-3H3. The molecule has 0 saturated carbocycles. The summed E-state index contributed by atoms with van der Waals surface area (Å²) in [6.07, 6.45) is 4.88. The second kappa shape index (κ2) is 6.59. The van der Waals surface area contributed by atoms with Gasteiger partial charge < -0.3 is 15.2 Å². The van der Waals surface area contributed by atoms with E-state index in [0.29, 0.717) is 12.6 Å². The summed E-state index contributed by atoms with van der Waals surface area (Å²) in [5, 5.41) is 13.7. The fourth-order valence-electron chi connectivity index (χ4n) is 2.92. The SMILES string of the molecule is CCC(O)(CC)COc1cccc2c1CCCC2NC. The number of rotatable bonds is 6. The number of benzene rings is 1. The molecule has 3 nitrogen and oxygen atoms in total. The highest BCUT2D eigenvalue weighted by atomic mass is 16.5. The summed E-state index contributed by atoms with van der Waals surface area (Å²) < 4.78 is 5.97. The van der Waals surface area contributed by atoms with Crippen molar-refractivity contribution in [3.63, 3.8) is 0 Å². The number of hydrogen-bond acceptors (Lipinski definition) is 3. The third kappa shape index (κ3) is 3.15. The molecule has 0 heterocycles. The predicted molar refractivity (Wildman–Crippen MR) is 82.2 cm³/mol. The van der Waals surface area contributed by atoms with Crippen LogP contribution in [-0.2, 0) is 6.42 Å². The summed E-state index contributed by atoms with van der Waals surface area (Å²) in [5.74, 6) is 0.947. The fraction of sp³-hybridized carbons (Fsp3) is 0.647. The van der Waals surface area contributed by atoms with Gasteiger partial charge >= 0.3 is 0 Å². The van der Waals surface area contributed by atoms with E-state index in [0.717, 1.165) is 25.0 Å². The van der Waals surface area contributed by atoms with Gasteiger partial charge in [0.1, 0.15) is 12.4 Å². The van der Waals surface area contributed by atoms with Crippen LogP contribution in [0.25, 0.3) is 0 Å². The van der Waals surface area contributed by atoms with Gasteiger partial charge in [0, 0.05) is 6.04 Å². The first kappa shape index (κ1) is 15.3. The minimum Gasteiger partial charge on any atom is -0.490 e. The molecule has 1 aromatic rings. The molecule has 1 unspecified atom stereocenters. The molecule has 3 heteroatoms. The first-order valence-corrected chi connectivity index (χ1v) is 7.77. The van der Waals surface area contributed by atoms with Crippen LogP contribution in [0.4, 0.5) is 0 Å². The number of fused-ring (bicyclic) bond motifs is 1. The van der Waals surface area contributed by atoms with E-state index in [-0.39, 0.29) is 0 Å². The van der Waals surface area contributed by atoms with Crippen molar-refractivity contribution in [1.29, 1.82) is 0 Å². The van der Waals surface area contributed by atoms with Crippen LogP contribution in [0.2, 0.25) is 0 Å². The molecule has 0 spiro atoms. The molecule has 2 rings (SSSR count). The Labute approximate surface area is 122 Å². The third-order valence-electron chi connectivity index (χ3n) is 4.63. The normalized spacial score (nSPS) is 18.7. The molecule has 0 amide bonds. The van der Waals surface area contributed by atoms with E-state index in [2.05, 4.69) is 17.4 Å². The predicted octanol–water partition coefficient (Wildman–Crippen LogP) is 3.21.